The second-order valence-corrected chi connectivity index (χ2v) is 5.29. The first kappa shape index (κ1) is 16.4. The molecule has 3 aromatic rings. The molecule has 0 aliphatic heterocycles. The number of nitro groups is 1. The number of rotatable bonds is 4. The fourth-order valence-corrected chi connectivity index (χ4v) is 2.43. The molecule has 0 spiro atoms. The third kappa shape index (κ3) is 3.57. The van der Waals surface area contributed by atoms with Gasteiger partial charge in [-0.25, -0.2) is 13.5 Å². The summed E-state index contributed by atoms with van der Waals surface area (Å²) in [5, 5.41) is 14.8. The predicted molar refractivity (Wildman–Crippen MR) is 86.0 cm³/mol. The van der Waals surface area contributed by atoms with Gasteiger partial charge in [-0.05, 0) is 29.3 Å². The molecular weight excluding hydrogens is 332 g/mol. The van der Waals surface area contributed by atoms with Gasteiger partial charge in [0.2, 0.25) is 0 Å². The molecule has 0 saturated carbocycles. The molecule has 0 amide bonds. The van der Waals surface area contributed by atoms with E-state index in [-0.39, 0.29) is 23.4 Å². The molecule has 3 rings (SSSR count). The van der Waals surface area contributed by atoms with Gasteiger partial charge in [-0.1, -0.05) is 12.1 Å². The van der Waals surface area contributed by atoms with Gasteiger partial charge in [-0.15, -0.1) is 0 Å². The molecule has 2 aromatic carbocycles. The molecule has 0 unspecified atom stereocenters. The molecule has 8 heteroatoms. The lowest BCUT2D eigenvalue weighted by Gasteiger charge is -2.07. The third-order valence-electron chi connectivity index (χ3n) is 3.54. The Morgan fingerprint density at radius 2 is 1.80 bits per heavy atom. The Balaban J connectivity index is 2.01. The van der Waals surface area contributed by atoms with E-state index in [4.69, 9.17) is 0 Å². The summed E-state index contributed by atoms with van der Waals surface area (Å²) in [6, 6.07) is 9.98. The second-order valence-electron chi connectivity index (χ2n) is 5.29. The Labute approximate surface area is 140 Å². The average molecular weight is 343 g/mol. The molecule has 0 N–H and O–H groups in total. The number of halogens is 2. The lowest BCUT2D eigenvalue weighted by Crippen LogP contribution is -2.24. The summed E-state index contributed by atoms with van der Waals surface area (Å²) < 4.78 is 27.8. The highest BCUT2D eigenvalue weighted by Crippen LogP contribution is 2.18. The molecule has 1 aromatic heterocycles. The summed E-state index contributed by atoms with van der Waals surface area (Å²) in [6.45, 7) is -0.00779. The highest BCUT2D eigenvalue weighted by atomic mass is 19.1. The number of hydrogen-bond acceptors (Lipinski definition) is 4. The van der Waals surface area contributed by atoms with Crippen LogP contribution in [0.2, 0.25) is 0 Å². The van der Waals surface area contributed by atoms with Gasteiger partial charge in [0.05, 0.1) is 17.0 Å². The third-order valence-corrected chi connectivity index (χ3v) is 3.54. The van der Waals surface area contributed by atoms with Crippen LogP contribution in [-0.2, 0) is 6.54 Å². The van der Waals surface area contributed by atoms with E-state index in [1.54, 1.807) is 6.07 Å². The van der Waals surface area contributed by atoms with Crippen molar-refractivity contribution in [2.45, 2.75) is 6.54 Å². The van der Waals surface area contributed by atoms with Gasteiger partial charge in [0, 0.05) is 24.4 Å². The van der Waals surface area contributed by atoms with Crippen LogP contribution < -0.4 is 5.56 Å². The molecule has 6 nitrogen and oxygen atoms in total. The van der Waals surface area contributed by atoms with Gasteiger partial charge in [0.15, 0.2) is 0 Å². The topological polar surface area (TPSA) is 78.0 Å². The van der Waals surface area contributed by atoms with Crippen LogP contribution in [0.5, 0.6) is 0 Å². The minimum Gasteiger partial charge on any atom is -0.267 e. The molecule has 25 heavy (non-hydrogen) atoms. The molecule has 0 atom stereocenters. The van der Waals surface area contributed by atoms with E-state index in [9.17, 15) is 23.7 Å². The molecule has 0 aliphatic carbocycles. The fourth-order valence-electron chi connectivity index (χ4n) is 2.43. The van der Waals surface area contributed by atoms with Crippen molar-refractivity contribution in [1.82, 2.24) is 9.78 Å². The van der Waals surface area contributed by atoms with Gasteiger partial charge < -0.3 is 0 Å². The van der Waals surface area contributed by atoms with Crippen molar-refractivity contribution in [2.24, 2.45) is 0 Å². The summed E-state index contributed by atoms with van der Waals surface area (Å²) in [7, 11) is 0. The molecule has 0 fully saturated rings. The monoisotopic (exact) mass is 343 g/mol. The van der Waals surface area contributed by atoms with Crippen molar-refractivity contribution in [3.05, 3.63) is 92.4 Å². The highest BCUT2D eigenvalue weighted by Gasteiger charge is 2.11. The normalized spacial score (nSPS) is 10.6. The Morgan fingerprint density at radius 1 is 1.08 bits per heavy atom. The lowest BCUT2D eigenvalue weighted by molar-refractivity contribution is -0.384. The van der Waals surface area contributed by atoms with E-state index >= 15 is 0 Å². The first-order chi connectivity index (χ1) is 11.9. The van der Waals surface area contributed by atoms with Gasteiger partial charge in [0.25, 0.3) is 11.2 Å². The Bertz CT molecular complexity index is 998. The van der Waals surface area contributed by atoms with Gasteiger partial charge in [-0.2, -0.15) is 5.10 Å². The largest absolute Gasteiger partial charge is 0.274 e. The minimum absolute atomic E-state index is 0.00779. The first-order valence-electron chi connectivity index (χ1n) is 7.20. The quantitative estimate of drug-likeness (QED) is 0.538. The molecule has 0 saturated heterocycles. The maximum atomic E-state index is 13.4. The molecule has 0 aliphatic rings. The Hall–Kier alpha value is -3.42. The Morgan fingerprint density at radius 3 is 2.48 bits per heavy atom. The van der Waals surface area contributed by atoms with E-state index in [0.29, 0.717) is 11.6 Å². The standard InChI is InChI=1S/C17H11F2N3O3/c18-13-7-12(8-14(19)9-13)16-4-5-20-21(17(16)23)10-11-2-1-3-15(6-11)22(24)25/h1-9H,10H2. The number of benzene rings is 2. The second kappa shape index (κ2) is 6.60. The number of hydrogen-bond donors (Lipinski definition) is 0. The Kier molecular flexibility index (Phi) is 4.34. The number of aromatic nitrogens is 2. The fraction of sp³-hybridized carbons (Fsp3) is 0.0588. The summed E-state index contributed by atoms with van der Waals surface area (Å²) in [6.07, 6.45) is 1.33. The zero-order valence-corrected chi connectivity index (χ0v) is 12.7. The van der Waals surface area contributed by atoms with E-state index in [1.807, 2.05) is 0 Å². The summed E-state index contributed by atoms with van der Waals surface area (Å²) in [4.78, 5) is 22.8. The van der Waals surface area contributed by atoms with Crippen LogP contribution in [0.15, 0.2) is 59.5 Å². The van der Waals surface area contributed by atoms with E-state index in [2.05, 4.69) is 5.10 Å². The van der Waals surface area contributed by atoms with Gasteiger partial charge >= 0.3 is 0 Å². The van der Waals surface area contributed by atoms with E-state index < -0.39 is 22.1 Å². The summed E-state index contributed by atoms with van der Waals surface area (Å²) in [5.41, 5.74) is 0.0239. The molecule has 1 heterocycles. The zero-order valence-electron chi connectivity index (χ0n) is 12.7. The van der Waals surface area contributed by atoms with Crippen molar-refractivity contribution < 1.29 is 13.7 Å². The van der Waals surface area contributed by atoms with Crippen LogP contribution in [0.1, 0.15) is 5.56 Å². The molecular formula is C17H11F2N3O3. The summed E-state index contributed by atoms with van der Waals surface area (Å²) in [5.74, 6) is -1.59. The lowest BCUT2D eigenvalue weighted by atomic mass is 10.1. The van der Waals surface area contributed by atoms with Crippen LogP contribution >= 0.6 is 0 Å². The van der Waals surface area contributed by atoms with Gasteiger partial charge in [0.1, 0.15) is 11.6 Å². The van der Waals surface area contributed by atoms with Crippen LogP contribution in [0.4, 0.5) is 14.5 Å². The van der Waals surface area contributed by atoms with Crippen molar-refractivity contribution in [3.8, 4) is 11.1 Å². The molecule has 0 radical (unpaired) electrons. The van der Waals surface area contributed by atoms with Crippen molar-refractivity contribution in [3.63, 3.8) is 0 Å². The molecule has 126 valence electrons. The van der Waals surface area contributed by atoms with E-state index in [0.717, 1.165) is 16.8 Å². The van der Waals surface area contributed by atoms with Crippen LogP contribution in [0.25, 0.3) is 11.1 Å². The summed E-state index contributed by atoms with van der Waals surface area (Å²) >= 11 is 0. The van der Waals surface area contributed by atoms with Crippen molar-refractivity contribution >= 4 is 5.69 Å². The highest BCUT2D eigenvalue weighted by molar-refractivity contribution is 5.62. The number of nitrogens with zero attached hydrogens (tertiary/aromatic N) is 3. The first-order valence-corrected chi connectivity index (χ1v) is 7.20. The van der Waals surface area contributed by atoms with Crippen LogP contribution in [0, 0.1) is 21.7 Å². The van der Waals surface area contributed by atoms with Gasteiger partial charge in [-0.3, -0.25) is 14.9 Å². The van der Waals surface area contributed by atoms with Crippen LogP contribution in [-0.4, -0.2) is 14.7 Å². The minimum atomic E-state index is -0.795. The smallest absolute Gasteiger partial charge is 0.267 e. The zero-order chi connectivity index (χ0) is 18.0. The average Bonchev–Trinajstić information content (AvgIpc) is 2.56. The maximum Gasteiger partial charge on any atom is 0.274 e. The van der Waals surface area contributed by atoms with Crippen molar-refractivity contribution in [2.75, 3.05) is 0 Å². The van der Waals surface area contributed by atoms with E-state index in [1.165, 1.54) is 30.5 Å². The number of nitro benzene ring substituents is 1. The predicted octanol–water partition coefficient (Wildman–Crippen LogP) is 3.15. The maximum absolute atomic E-state index is 13.4. The molecule has 0 bridgehead atoms. The SMILES string of the molecule is O=c1c(-c2cc(F)cc(F)c2)ccnn1Cc1cccc([N+](=O)[O-])c1. The number of non-ortho nitro benzene ring substituents is 1. The van der Waals surface area contributed by atoms with Crippen molar-refractivity contribution in [1.29, 1.82) is 0 Å². The van der Waals surface area contributed by atoms with Crippen LogP contribution in [0.3, 0.4) is 0 Å².